The van der Waals surface area contributed by atoms with E-state index in [0.29, 0.717) is 6.07 Å². The summed E-state index contributed by atoms with van der Waals surface area (Å²) >= 11 is 0. The second-order valence-electron chi connectivity index (χ2n) is 4.04. The minimum Gasteiger partial charge on any atom is -0.383 e. The number of nitrogen functional groups attached to an aromatic ring is 1. The molecule has 2 N–H and O–H groups in total. The number of nitrogens with two attached hydrogens (primary N) is 1. The Morgan fingerprint density at radius 1 is 1.30 bits per heavy atom. The van der Waals surface area contributed by atoms with Crippen molar-refractivity contribution in [3.05, 3.63) is 35.9 Å². The molecule has 1 heterocycles. The maximum Gasteiger partial charge on any atom is 0.416 e. The maximum atomic E-state index is 13.3. The lowest BCUT2D eigenvalue weighted by atomic mass is 10.1. The Hall–Kier alpha value is -2.49. The van der Waals surface area contributed by atoms with Crippen molar-refractivity contribution in [3.63, 3.8) is 0 Å². The van der Waals surface area contributed by atoms with Crippen LogP contribution in [-0.2, 0) is 12.7 Å². The van der Waals surface area contributed by atoms with Crippen molar-refractivity contribution in [3.8, 4) is 23.6 Å². The van der Waals surface area contributed by atoms with Gasteiger partial charge >= 0.3 is 6.18 Å². The average molecular weight is 283 g/mol. The summed E-state index contributed by atoms with van der Waals surface area (Å²) in [5, 5.41) is 0. The monoisotopic (exact) mass is 283 g/mol. The van der Waals surface area contributed by atoms with Gasteiger partial charge in [0.25, 0.3) is 0 Å². The molecule has 0 amide bonds. The zero-order valence-electron chi connectivity index (χ0n) is 10.1. The Labute approximate surface area is 112 Å². The molecule has 0 saturated heterocycles. The first-order chi connectivity index (χ1) is 9.32. The van der Waals surface area contributed by atoms with E-state index in [2.05, 4.69) is 10.9 Å². The van der Waals surface area contributed by atoms with Gasteiger partial charge in [0.2, 0.25) is 0 Å². The Morgan fingerprint density at radius 2 is 2.00 bits per heavy atom. The molecule has 3 nitrogen and oxygen atoms in total. The van der Waals surface area contributed by atoms with Crippen molar-refractivity contribution in [2.75, 3.05) is 5.73 Å². The van der Waals surface area contributed by atoms with Crippen LogP contribution in [0.1, 0.15) is 5.56 Å². The predicted octanol–water partition coefficient (Wildman–Crippen LogP) is 2.92. The third-order valence-electron chi connectivity index (χ3n) is 2.64. The summed E-state index contributed by atoms with van der Waals surface area (Å²) in [4.78, 5) is 3.88. The Bertz CT molecular complexity index is 680. The first-order valence-corrected chi connectivity index (χ1v) is 5.45. The number of hydrogen-bond donors (Lipinski definition) is 1. The number of benzene rings is 1. The Kier molecular flexibility index (Phi) is 3.40. The van der Waals surface area contributed by atoms with Gasteiger partial charge in [0, 0.05) is 5.56 Å². The van der Waals surface area contributed by atoms with Crippen LogP contribution >= 0.6 is 0 Å². The van der Waals surface area contributed by atoms with Gasteiger partial charge in [0.1, 0.15) is 17.3 Å². The third kappa shape index (κ3) is 2.59. The molecular weight excluding hydrogens is 274 g/mol. The summed E-state index contributed by atoms with van der Waals surface area (Å²) in [5.41, 5.74) is 4.64. The molecule has 0 saturated carbocycles. The lowest BCUT2D eigenvalue weighted by Gasteiger charge is -2.09. The molecule has 2 rings (SSSR count). The topological polar surface area (TPSA) is 43.8 Å². The second-order valence-corrected chi connectivity index (χ2v) is 4.04. The number of imidazole rings is 1. The number of aromatic nitrogens is 2. The molecular formula is C13H9F4N3. The first-order valence-electron chi connectivity index (χ1n) is 5.45. The number of hydrogen-bond acceptors (Lipinski definition) is 2. The van der Waals surface area contributed by atoms with Crippen molar-refractivity contribution in [1.82, 2.24) is 9.55 Å². The van der Waals surface area contributed by atoms with E-state index in [1.807, 2.05) is 0 Å². The van der Waals surface area contributed by atoms with E-state index in [-0.39, 0.29) is 23.6 Å². The highest BCUT2D eigenvalue weighted by molar-refractivity contribution is 5.71. The molecule has 1 aromatic heterocycles. The molecule has 0 atom stereocenters. The van der Waals surface area contributed by atoms with Crippen LogP contribution in [0.2, 0.25) is 0 Å². The quantitative estimate of drug-likeness (QED) is 0.680. The van der Waals surface area contributed by atoms with E-state index >= 15 is 0 Å². The van der Waals surface area contributed by atoms with E-state index in [0.717, 1.165) is 12.1 Å². The average Bonchev–Trinajstić information content (AvgIpc) is 2.70. The maximum absolute atomic E-state index is 13.3. The number of terminal acetylenes is 1. The van der Waals surface area contributed by atoms with E-state index < -0.39 is 17.6 Å². The molecule has 0 aliphatic heterocycles. The molecule has 2 aromatic rings. The largest absolute Gasteiger partial charge is 0.416 e. The van der Waals surface area contributed by atoms with Gasteiger partial charge in [0.05, 0.1) is 18.4 Å². The standard InChI is InChI=1S/C13H9F4N3/c1-2-3-20-7-19-11(12(20)18)8-4-9(13(15,16)17)6-10(14)5-8/h1,4-7H,3,18H2. The van der Waals surface area contributed by atoms with Gasteiger partial charge in [-0.15, -0.1) is 6.42 Å². The van der Waals surface area contributed by atoms with Crippen LogP contribution in [0, 0.1) is 18.2 Å². The molecule has 1 aromatic carbocycles. The fourth-order valence-corrected chi connectivity index (χ4v) is 1.73. The summed E-state index contributed by atoms with van der Waals surface area (Å²) in [6, 6.07) is 2.15. The van der Waals surface area contributed by atoms with Gasteiger partial charge in [-0.05, 0) is 18.2 Å². The highest BCUT2D eigenvalue weighted by atomic mass is 19.4. The van der Waals surface area contributed by atoms with Gasteiger partial charge in [-0.3, -0.25) is 0 Å². The number of alkyl halides is 3. The van der Waals surface area contributed by atoms with Crippen LogP contribution in [-0.4, -0.2) is 9.55 Å². The van der Waals surface area contributed by atoms with Crippen LogP contribution in [0.25, 0.3) is 11.3 Å². The van der Waals surface area contributed by atoms with Gasteiger partial charge in [-0.25, -0.2) is 9.37 Å². The van der Waals surface area contributed by atoms with E-state index in [1.165, 1.54) is 10.9 Å². The van der Waals surface area contributed by atoms with Crippen molar-refractivity contribution in [2.24, 2.45) is 0 Å². The van der Waals surface area contributed by atoms with E-state index in [4.69, 9.17) is 12.2 Å². The minimum atomic E-state index is -4.65. The van der Waals surface area contributed by atoms with Crippen molar-refractivity contribution in [2.45, 2.75) is 12.7 Å². The molecule has 0 aliphatic rings. The van der Waals surface area contributed by atoms with Crippen LogP contribution in [0.5, 0.6) is 0 Å². The number of rotatable bonds is 2. The Morgan fingerprint density at radius 3 is 2.60 bits per heavy atom. The van der Waals surface area contributed by atoms with Crippen molar-refractivity contribution < 1.29 is 17.6 Å². The van der Waals surface area contributed by atoms with Crippen LogP contribution < -0.4 is 5.73 Å². The molecule has 20 heavy (non-hydrogen) atoms. The molecule has 0 unspecified atom stereocenters. The SMILES string of the molecule is C#CCn1cnc(-c2cc(F)cc(C(F)(F)F)c2)c1N. The zero-order chi connectivity index (χ0) is 14.9. The summed E-state index contributed by atoms with van der Waals surface area (Å²) in [6.07, 6.45) is 1.77. The first kappa shape index (κ1) is 13.9. The van der Waals surface area contributed by atoms with Crippen LogP contribution in [0.3, 0.4) is 0 Å². The smallest absolute Gasteiger partial charge is 0.383 e. The molecule has 104 valence electrons. The fourth-order valence-electron chi connectivity index (χ4n) is 1.73. The van der Waals surface area contributed by atoms with Crippen LogP contribution in [0.15, 0.2) is 24.5 Å². The van der Waals surface area contributed by atoms with Gasteiger partial charge in [0.15, 0.2) is 0 Å². The van der Waals surface area contributed by atoms with E-state index in [9.17, 15) is 17.6 Å². The number of anilines is 1. The fraction of sp³-hybridized carbons (Fsp3) is 0.154. The zero-order valence-corrected chi connectivity index (χ0v) is 10.1. The second kappa shape index (κ2) is 4.89. The van der Waals surface area contributed by atoms with Crippen molar-refractivity contribution >= 4 is 5.82 Å². The summed E-state index contributed by atoms with van der Waals surface area (Å²) in [7, 11) is 0. The predicted molar refractivity (Wildman–Crippen MR) is 65.9 cm³/mol. The lowest BCUT2D eigenvalue weighted by molar-refractivity contribution is -0.137. The molecule has 0 fully saturated rings. The minimum absolute atomic E-state index is 0.0504. The molecule has 0 bridgehead atoms. The highest BCUT2D eigenvalue weighted by Crippen LogP contribution is 2.34. The molecule has 0 aliphatic carbocycles. The normalized spacial score (nSPS) is 11.3. The van der Waals surface area contributed by atoms with Crippen LogP contribution in [0.4, 0.5) is 23.4 Å². The van der Waals surface area contributed by atoms with E-state index in [1.54, 1.807) is 0 Å². The number of nitrogens with zero attached hydrogens (tertiary/aromatic N) is 2. The molecule has 0 radical (unpaired) electrons. The Balaban J connectivity index is 2.54. The van der Waals surface area contributed by atoms with Crippen molar-refractivity contribution in [1.29, 1.82) is 0 Å². The van der Waals surface area contributed by atoms with Gasteiger partial charge in [-0.2, -0.15) is 13.2 Å². The van der Waals surface area contributed by atoms with Gasteiger partial charge in [-0.1, -0.05) is 5.92 Å². The third-order valence-corrected chi connectivity index (χ3v) is 2.64. The van der Waals surface area contributed by atoms with Gasteiger partial charge < -0.3 is 10.3 Å². The number of halogens is 4. The highest BCUT2D eigenvalue weighted by Gasteiger charge is 2.31. The molecule has 7 heteroatoms. The summed E-state index contributed by atoms with van der Waals surface area (Å²) < 4.78 is 52.6. The summed E-state index contributed by atoms with van der Waals surface area (Å²) in [6.45, 7) is 0.125. The lowest BCUT2D eigenvalue weighted by Crippen LogP contribution is -2.06. The summed E-state index contributed by atoms with van der Waals surface area (Å²) in [5.74, 6) is 1.40. The molecule has 0 spiro atoms.